The van der Waals surface area contributed by atoms with E-state index >= 15 is 0 Å². The van der Waals surface area contributed by atoms with Crippen molar-refractivity contribution < 1.29 is 4.42 Å². The van der Waals surface area contributed by atoms with E-state index in [0.29, 0.717) is 0 Å². The minimum Gasteiger partial charge on any atom is -0.457 e. The fourth-order valence-electron chi connectivity index (χ4n) is 1.23. The van der Waals surface area contributed by atoms with Gasteiger partial charge in [0.05, 0.1) is 0 Å². The van der Waals surface area contributed by atoms with Crippen LogP contribution in [0, 0.1) is 0 Å². The van der Waals surface area contributed by atoms with Crippen LogP contribution < -0.4 is 0 Å². The van der Waals surface area contributed by atoms with Crippen molar-refractivity contribution in [1.29, 1.82) is 0 Å². The first-order valence-corrected chi connectivity index (χ1v) is 4.90. The summed E-state index contributed by atoms with van der Waals surface area (Å²) < 4.78 is 5.54. The molecule has 0 fully saturated rings. The highest BCUT2D eigenvalue weighted by atomic mass is 16.3. The average molecular weight is 196 g/mol. The molecule has 0 atom stereocenters. The molecule has 0 radical (unpaired) electrons. The maximum Gasteiger partial charge on any atom is 0.127 e. The summed E-state index contributed by atoms with van der Waals surface area (Å²) in [4.78, 5) is 0. The number of furan rings is 1. The van der Waals surface area contributed by atoms with Crippen LogP contribution in [0.1, 0.15) is 0 Å². The fourth-order valence-corrected chi connectivity index (χ4v) is 1.23. The number of fused-ring (bicyclic) bond motifs is 2. The maximum absolute atomic E-state index is 5.54. The van der Waals surface area contributed by atoms with Gasteiger partial charge in [-0.05, 0) is 24.3 Å². The van der Waals surface area contributed by atoms with Crippen LogP contribution in [-0.4, -0.2) is 0 Å². The van der Waals surface area contributed by atoms with E-state index < -0.39 is 0 Å². The number of hydrogen-bond donors (Lipinski definition) is 0. The third kappa shape index (κ3) is 2.99. The summed E-state index contributed by atoms with van der Waals surface area (Å²) in [5.41, 5.74) is 1.73. The summed E-state index contributed by atoms with van der Waals surface area (Å²) in [6, 6.07) is 23.6. The summed E-state index contributed by atoms with van der Waals surface area (Å²) in [7, 11) is 0. The third-order valence-electron chi connectivity index (χ3n) is 1.95. The van der Waals surface area contributed by atoms with Crippen LogP contribution in [0.4, 0.5) is 0 Å². The topological polar surface area (TPSA) is 13.1 Å². The van der Waals surface area contributed by atoms with Crippen molar-refractivity contribution in [2.45, 2.75) is 0 Å². The molecular formula is C14H12O. The summed E-state index contributed by atoms with van der Waals surface area (Å²) in [6.07, 6.45) is 0. The van der Waals surface area contributed by atoms with E-state index in [1.54, 1.807) is 0 Å². The number of hydrogen-bond acceptors (Lipinski definition) is 1. The lowest BCUT2D eigenvalue weighted by atomic mass is 10.4. The largest absolute Gasteiger partial charge is 0.457 e. The van der Waals surface area contributed by atoms with Crippen LogP contribution >= 0.6 is 0 Å². The second kappa shape index (κ2) is 5.01. The Balaban J connectivity index is 2.59. The predicted molar refractivity (Wildman–Crippen MR) is 62.7 cm³/mol. The van der Waals surface area contributed by atoms with Gasteiger partial charge in [0.2, 0.25) is 0 Å². The Bertz CT molecular complexity index is 465. The van der Waals surface area contributed by atoms with Gasteiger partial charge in [-0.3, -0.25) is 0 Å². The van der Waals surface area contributed by atoms with Gasteiger partial charge in [0, 0.05) is 0 Å². The first-order chi connectivity index (χ1) is 7.45. The van der Waals surface area contributed by atoms with E-state index in [-0.39, 0.29) is 0 Å². The van der Waals surface area contributed by atoms with E-state index in [1.165, 1.54) is 0 Å². The monoisotopic (exact) mass is 196 g/mol. The SMILES string of the molecule is c1cccccc2ccc(cccc1)o2. The zero-order valence-corrected chi connectivity index (χ0v) is 8.34. The highest BCUT2D eigenvalue weighted by Crippen LogP contribution is 2.07. The minimum atomic E-state index is 0.867. The molecule has 1 heteroatoms. The summed E-state index contributed by atoms with van der Waals surface area (Å²) >= 11 is 0. The van der Waals surface area contributed by atoms with Crippen LogP contribution in [0.5, 0.6) is 0 Å². The van der Waals surface area contributed by atoms with E-state index in [1.807, 2.05) is 72.8 Å². The summed E-state index contributed by atoms with van der Waals surface area (Å²) in [6.45, 7) is 0. The molecule has 0 unspecified atom stereocenters. The Morgan fingerprint density at radius 2 is 0.867 bits per heavy atom. The van der Waals surface area contributed by atoms with Crippen molar-refractivity contribution in [2.24, 2.45) is 0 Å². The molecule has 0 aliphatic carbocycles. The van der Waals surface area contributed by atoms with Gasteiger partial charge in [-0.1, -0.05) is 48.5 Å². The molecule has 0 aromatic carbocycles. The van der Waals surface area contributed by atoms with Crippen molar-refractivity contribution in [3.8, 4) is 0 Å². The standard InChI is InChI=1S/C14H12O/c1-2-4-6-8-10-14-12-11-13(15-14)9-7-5-3-1/h1-12H. The van der Waals surface area contributed by atoms with E-state index in [4.69, 9.17) is 4.42 Å². The average Bonchev–Trinajstić information content (AvgIpc) is 2.69. The molecule has 0 spiro atoms. The lowest BCUT2D eigenvalue weighted by molar-refractivity contribution is 0.666. The quantitative estimate of drug-likeness (QED) is 0.617. The van der Waals surface area contributed by atoms with Crippen LogP contribution in [0.3, 0.4) is 0 Å². The van der Waals surface area contributed by atoms with Crippen molar-refractivity contribution >= 4 is 11.2 Å². The molecule has 1 nitrogen and oxygen atoms in total. The molecule has 15 heavy (non-hydrogen) atoms. The minimum absolute atomic E-state index is 0.867. The van der Waals surface area contributed by atoms with Gasteiger partial charge in [-0.25, -0.2) is 0 Å². The molecule has 0 aliphatic rings. The molecule has 2 heterocycles. The summed E-state index contributed by atoms with van der Waals surface area (Å²) in [5.74, 6) is 0. The van der Waals surface area contributed by atoms with Crippen molar-refractivity contribution in [2.75, 3.05) is 0 Å². The van der Waals surface area contributed by atoms with Gasteiger partial charge in [-0.15, -0.1) is 0 Å². The lowest BCUT2D eigenvalue weighted by Crippen LogP contribution is -1.47. The third-order valence-corrected chi connectivity index (χ3v) is 1.95. The Kier molecular flexibility index (Phi) is 3.18. The van der Waals surface area contributed by atoms with Crippen molar-refractivity contribution in [3.05, 3.63) is 72.8 Å². The van der Waals surface area contributed by atoms with Gasteiger partial charge >= 0.3 is 0 Å². The molecule has 0 aliphatic heterocycles. The van der Waals surface area contributed by atoms with Gasteiger partial charge in [0.1, 0.15) is 11.2 Å². The molecule has 2 aromatic heterocycles. The molecule has 0 saturated carbocycles. The van der Waals surface area contributed by atoms with Crippen LogP contribution in [0.25, 0.3) is 11.2 Å². The Labute approximate surface area is 89.0 Å². The molecule has 2 rings (SSSR count). The Morgan fingerprint density at radius 1 is 0.467 bits per heavy atom. The second-order valence-corrected chi connectivity index (χ2v) is 3.11. The zero-order valence-electron chi connectivity index (χ0n) is 8.34. The normalized spacial score (nSPS) is 9.33. The second-order valence-electron chi connectivity index (χ2n) is 3.11. The highest BCUT2D eigenvalue weighted by Gasteiger charge is 1.84. The first kappa shape index (κ1) is 9.53. The van der Waals surface area contributed by atoms with Gasteiger partial charge in [0.25, 0.3) is 0 Å². The van der Waals surface area contributed by atoms with E-state index in [0.717, 1.165) is 11.2 Å². The molecule has 0 amide bonds. The molecule has 0 N–H and O–H groups in total. The Morgan fingerprint density at radius 3 is 1.33 bits per heavy atom. The van der Waals surface area contributed by atoms with Gasteiger partial charge < -0.3 is 4.42 Å². The Hall–Kier alpha value is -2.02. The highest BCUT2D eigenvalue weighted by molar-refractivity contribution is 5.52. The maximum atomic E-state index is 5.54. The lowest BCUT2D eigenvalue weighted by Gasteiger charge is -1.75. The first-order valence-electron chi connectivity index (χ1n) is 4.90. The molecule has 2 aromatic rings. The fraction of sp³-hybridized carbons (Fsp3) is 0. The smallest absolute Gasteiger partial charge is 0.127 e. The van der Waals surface area contributed by atoms with Crippen molar-refractivity contribution in [3.63, 3.8) is 0 Å². The molecular weight excluding hydrogens is 184 g/mol. The molecule has 2 bridgehead atoms. The summed E-state index contributed by atoms with van der Waals surface area (Å²) in [5, 5.41) is 0. The van der Waals surface area contributed by atoms with Gasteiger partial charge in [-0.2, -0.15) is 0 Å². The van der Waals surface area contributed by atoms with E-state index in [2.05, 4.69) is 0 Å². The van der Waals surface area contributed by atoms with Crippen molar-refractivity contribution in [1.82, 2.24) is 0 Å². The van der Waals surface area contributed by atoms with Crippen LogP contribution in [0.15, 0.2) is 77.2 Å². The van der Waals surface area contributed by atoms with Crippen LogP contribution in [-0.2, 0) is 0 Å². The molecule has 74 valence electrons. The molecule has 0 saturated heterocycles. The van der Waals surface area contributed by atoms with E-state index in [9.17, 15) is 0 Å². The van der Waals surface area contributed by atoms with Gasteiger partial charge in [0.15, 0.2) is 0 Å². The number of rotatable bonds is 0. The van der Waals surface area contributed by atoms with Crippen LogP contribution in [0.2, 0.25) is 0 Å². The predicted octanol–water partition coefficient (Wildman–Crippen LogP) is 4.12. The zero-order chi connectivity index (χ0) is 10.3.